The molecule has 0 bridgehead atoms. The highest BCUT2D eigenvalue weighted by atomic mass is 32.2. The SMILES string of the molecule is CCC(CSC)NS(=O)(=O)N(C)CCCO. The van der Waals surface area contributed by atoms with Crippen LogP contribution in [0.25, 0.3) is 0 Å². The molecule has 0 aromatic carbocycles. The summed E-state index contributed by atoms with van der Waals surface area (Å²) in [5.41, 5.74) is 0. The summed E-state index contributed by atoms with van der Waals surface area (Å²) in [6, 6.07) is -0.0309. The first-order valence-corrected chi connectivity index (χ1v) is 8.14. The van der Waals surface area contributed by atoms with Crippen molar-refractivity contribution in [3.05, 3.63) is 0 Å². The molecule has 0 aliphatic heterocycles. The first-order chi connectivity index (χ1) is 7.47. The van der Waals surface area contributed by atoms with Crippen LogP contribution in [0.5, 0.6) is 0 Å². The van der Waals surface area contributed by atoms with Crippen LogP contribution >= 0.6 is 11.8 Å². The minimum atomic E-state index is -3.41. The molecule has 0 radical (unpaired) electrons. The second-order valence-corrected chi connectivity index (χ2v) is 6.30. The Hall–Kier alpha value is 0.180. The number of nitrogens with zero attached hydrogens (tertiary/aromatic N) is 1. The molecular formula is C9H22N2O3S2. The Labute approximate surface area is 103 Å². The lowest BCUT2D eigenvalue weighted by atomic mass is 10.3. The molecule has 1 atom stereocenters. The van der Waals surface area contributed by atoms with Crippen LogP contribution in [0.2, 0.25) is 0 Å². The van der Waals surface area contributed by atoms with Gasteiger partial charge in [-0.05, 0) is 19.1 Å². The Kier molecular flexibility index (Phi) is 8.39. The van der Waals surface area contributed by atoms with Crippen LogP contribution in [0.4, 0.5) is 0 Å². The van der Waals surface area contributed by atoms with E-state index in [9.17, 15) is 8.42 Å². The first kappa shape index (κ1) is 16.2. The van der Waals surface area contributed by atoms with Crippen LogP contribution in [-0.2, 0) is 10.2 Å². The third-order valence-electron chi connectivity index (χ3n) is 2.22. The zero-order valence-corrected chi connectivity index (χ0v) is 11.8. The molecule has 98 valence electrons. The highest BCUT2D eigenvalue weighted by molar-refractivity contribution is 7.98. The van der Waals surface area contributed by atoms with Crippen LogP contribution < -0.4 is 4.72 Å². The highest BCUT2D eigenvalue weighted by Crippen LogP contribution is 2.05. The van der Waals surface area contributed by atoms with Crippen LogP contribution in [-0.4, -0.2) is 56.1 Å². The molecule has 16 heavy (non-hydrogen) atoms. The van der Waals surface area contributed by atoms with Crippen LogP contribution in [0.3, 0.4) is 0 Å². The van der Waals surface area contributed by atoms with Crippen molar-refractivity contribution in [1.82, 2.24) is 9.03 Å². The molecule has 0 aliphatic rings. The van der Waals surface area contributed by atoms with Gasteiger partial charge in [-0.25, -0.2) is 0 Å². The van der Waals surface area contributed by atoms with Crippen LogP contribution in [0, 0.1) is 0 Å². The van der Waals surface area contributed by atoms with Gasteiger partial charge in [0.25, 0.3) is 10.2 Å². The van der Waals surface area contributed by atoms with Crippen molar-refractivity contribution in [2.45, 2.75) is 25.8 Å². The van der Waals surface area contributed by atoms with Crippen LogP contribution in [0.1, 0.15) is 19.8 Å². The Balaban J connectivity index is 4.30. The van der Waals surface area contributed by atoms with E-state index in [1.807, 2.05) is 13.2 Å². The molecule has 5 nitrogen and oxygen atoms in total. The van der Waals surface area contributed by atoms with E-state index in [-0.39, 0.29) is 12.6 Å². The molecule has 0 amide bonds. The summed E-state index contributed by atoms with van der Waals surface area (Å²) in [4.78, 5) is 0. The zero-order valence-electron chi connectivity index (χ0n) is 10.1. The molecule has 0 aromatic rings. The summed E-state index contributed by atoms with van der Waals surface area (Å²) < 4.78 is 27.5. The van der Waals surface area contributed by atoms with Crippen molar-refractivity contribution in [3.8, 4) is 0 Å². The second kappa shape index (κ2) is 8.30. The van der Waals surface area contributed by atoms with Gasteiger partial charge in [0, 0.05) is 32.0 Å². The van der Waals surface area contributed by atoms with Crippen molar-refractivity contribution in [1.29, 1.82) is 0 Å². The van der Waals surface area contributed by atoms with Gasteiger partial charge >= 0.3 is 0 Å². The van der Waals surface area contributed by atoms with Crippen molar-refractivity contribution in [2.24, 2.45) is 0 Å². The number of rotatable bonds is 9. The van der Waals surface area contributed by atoms with Gasteiger partial charge in [-0.1, -0.05) is 6.92 Å². The van der Waals surface area contributed by atoms with Gasteiger partial charge in [0.15, 0.2) is 0 Å². The number of hydrogen-bond donors (Lipinski definition) is 2. The Bertz CT molecular complexity index is 270. The predicted octanol–water partition coefficient (Wildman–Crippen LogP) is 0.277. The van der Waals surface area contributed by atoms with E-state index >= 15 is 0 Å². The first-order valence-electron chi connectivity index (χ1n) is 5.31. The minimum Gasteiger partial charge on any atom is -0.396 e. The number of hydrogen-bond acceptors (Lipinski definition) is 4. The number of thioether (sulfide) groups is 1. The Morgan fingerprint density at radius 2 is 2.12 bits per heavy atom. The van der Waals surface area contributed by atoms with Gasteiger partial charge in [-0.2, -0.15) is 29.2 Å². The largest absolute Gasteiger partial charge is 0.396 e. The topological polar surface area (TPSA) is 69.6 Å². The van der Waals surface area contributed by atoms with E-state index in [0.29, 0.717) is 13.0 Å². The zero-order chi connectivity index (χ0) is 12.6. The smallest absolute Gasteiger partial charge is 0.279 e. The quantitative estimate of drug-likeness (QED) is 0.631. The Morgan fingerprint density at radius 3 is 2.56 bits per heavy atom. The van der Waals surface area contributed by atoms with E-state index in [2.05, 4.69) is 4.72 Å². The molecule has 0 saturated heterocycles. The number of nitrogens with one attached hydrogen (secondary N) is 1. The van der Waals surface area contributed by atoms with E-state index in [4.69, 9.17) is 5.11 Å². The lowest BCUT2D eigenvalue weighted by Gasteiger charge is -2.21. The van der Waals surface area contributed by atoms with Gasteiger partial charge in [0.1, 0.15) is 0 Å². The summed E-state index contributed by atoms with van der Waals surface area (Å²) in [5.74, 6) is 0.767. The predicted molar refractivity (Wildman–Crippen MR) is 68.8 cm³/mol. The molecule has 2 N–H and O–H groups in total. The van der Waals surface area contributed by atoms with Crippen molar-refractivity contribution in [3.63, 3.8) is 0 Å². The molecule has 0 aliphatic carbocycles. The maximum absolute atomic E-state index is 11.8. The molecular weight excluding hydrogens is 248 g/mol. The standard InChI is InChI=1S/C9H22N2O3S2/c1-4-9(8-15-3)10-16(13,14)11(2)6-5-7-12/h9-10,12H,4-8H2,1-3H3. The number of aliphatic hydroxyl groups excluding tert-OH is 1. The van der Waals surface area contributed by atoms with Crippen molar-refractivity contribution in [2.75, 3.05) is 32.2 Å². The van der Waals surface area contributed by atoms with Gasteiger partial charge < -0.3 is 5.11 Å². The maximum atomic E-state index is 11.8. The third kappa shape index (κ3) is 6.05. The molecule has 1 unspecified atom stereocenters. The van der Waals surface area contributed by atoms with Gasteiger partial charge in [-0.3, -0.25) is 0 Å². The van der Waals surface area contributed by atoms with Gasteiger partial charge in [0.05, 0.1) is 0 Å². The molecule has 0 spiro atoms. The van der Waals surface area contributed by atoms with E-state index < -0.39 is 10.2 Å². The molecule has 0 aromatic heterocycles. The highest BCUT2D eigenvalue weighted by Gasteiger charge is 2.20. The third-order valence-corrected chi connectivity index (χ3v) is 4.59. The summed E-state index contributed by atoms with van der Waals surface area (Å²) in [6.07, 6.45) is 3.18. The van der Waals surface area contributed by atoms with E-state index in [1.54, 1.807) is 11.8 Å². The molecule has 0 fully saturated rings. The van der Waals surface area contributed by atoms with Crippen molar-refractivity contribution < 1.29 is 13.5 Å². The average molecular weight is 270 g/mol. The monoisotopic (exact) mass is 270 g/mol. The molecule has 0 saturated carbocycles. The summed E-state index contributed by atoms with van der Waals surface area (Å²) in [7, 11) is -1.89. The summed E-state index contributed by atoms with van der Waals surface area (Å²) >= 11 is 1.62. The average Bonchev–Trinajstić information content (AvgIpc) is 2.24. The minimum absolute atomic E-state index is 0.00186. The van der Waals surface area contributed by atoms with E-state index in [0.717, 1.165) is 12.2 Å². The van der Waals surface area contributed by atoms with Gasteiger partial charge in [-0.15, -0.1) is 0 Å². The Morgan fingerprint density at radius 1 is 1.50 bits per heavy atom. The summed E-state index contributed by atoms with van der Waals surface area (Å²) in [6.45, 7) is 2.29. The normalized spacial score (nSPS) is 14.3. The molecule has 7 heteroatoms. The fourth-order valence-electron chi connectivity index (χ4n) is 1.15. The molecule has 0 heterocycles. The lowest BCUT2D eigenvalue weighted by Crippen LogP contribution is -2.44. The fraction of sp³-hybridized carbons (Fsp3) is 1.00. The van der Waals surface area contributed by atoms with Gasteiger partial charge in [0.2, 0.25) is 0 Å². The van der Waals surface area contributed by atoms with E-state index in [1.165, 1.54) is 11.4 Å². The molecule has 0 rings (SSSR count). The maximum Gasteiger partial charge on any atom is 0.279 e. The summed E-state index contributed by atoms with van der Waals surface area (Å²) in [5, 5.41) is 8.65. The van der Waals surface area contributed by atoms with Crippen molar-refractivity contribution >= 4 is 22.0 Å². The van der Waals surface area contributed by atoms with Crippen LogP contribution in [0.15, 0.2) is 0 Å². The lowest BCUT2D eigenvalue weighted by molar-refractivity contribution is 0.275. The number of aliphatic hydroxyl groups is 1. The second-order valence-electron chi connectivity index (χ2n) is 3.58. The fourth-order valence-corrected chi connectivity index (χ4v) is 3.20.